The first-order valence-electron chi connectivity index (χ1n) is 8.35. The van der Waals surface area contributed by atoms with Gasteiger partial charge in [0.05, 0.1) is 16.7 Å². The van der Waals surface area contributed by atoms with Crippen LogP contribution in [0.25, 0.3) is 16.7 Å². The van der Waals surface area contributed by atoms with Crippen LogP contribution in [-0.2, 0) is 0 Å². The van der Waals surface area contributed by atoms with E-state index < -0.39 is 0 Å². The monoisotopic (exact) mass is 321 g/mol. The van der Waals surface area contributed by atoms with Crippen LogP contribution in [0.3, 0.4) is 0 Å². The summed E-state index contributed by atoms with van der Waals surface area (Å²) in [6.07, 6.45) is 2.73. The van der Waals surface area contributed by atoms with Gasteiger partial charge in [0.15, 0.2) is 0 Å². The van der Waals surface area contributed by atoms with Crippen LogP contribution < -0.4 is 5.32 Å². The number of carbonyl (C=O) groups is 1. The van der Waals surface area contributed by atoms with Crippen LogP contribution in [0.15, 0.2) is 42.7 Å². The van der Waals surface area contributed by atoms with E-state index in [1.165, 1.54) is 11.1 Å². The highest BCUT2D eigenvalue weighted by molar-refractivity contribution is 5.97. The molecule has 4 heteroatoms. The molecular formula is C20H23N3O. The summed E-state index contributed by atoms with van der Waals surface area (Å²) in [6.45, 7) is 8.25. The third kappa shape index (κ3) is 3.04. The molecule has 0 aliphatic rings. The highest BCUT2D eigenvalue weighted by atomic mass is 16.1. The van der Waals surface area contributed by atoms with E-state index in [2.05, 4.69) is 53.8 Å². The van der Waals surface area contributed by atoms with Crippen LogP contribution in [0.4, 0.5) is 0 Å². The first-order valence-corrected chi connectivity index (χ1v) is 8.35. The Hall–Kier alpha value is -2.62. The minimum absolute atomic E-state index is 0.0488. The van der Waals surface area contributed by atoms with Crippen LogP contribution >= 0.6 is 0 Å². The summed E-state index contributed by atoms with van der Waals surface area (Å²) in [5.74, 6) is -0.0488. The average Bonchev–Trinajstić information content (AvgIpc) is 2.97. The molecule has 24 heavy (non-hydrogen) atoms. The van der Waals surface area contributed by atoms with E-state index in [-0.39, 0.29) is 11.9 Å². The number of imidazole rings is 1. The molecule has 0 saturated carbocycles. The van der Waals surface area contributed by atoms with E-state index in [4.69, 9.17) is 0 Å². The van der Waals surface area contributed by atoms with Crippen molar-refractivity contribution in [1.29, 1.82) is 0 Å². The SMILES string of the molecule is CCC(C)NC(=O)c1ccc2c(c1)ncn2-c1ccc(C)cc1C. The molecule has 0 bridgehead atoms. The number of hydrogen-bond acceptors (Lipinski definition) is 2. The Labute approximate surface area is 142 Å². The second-order valence-electron chi connectivity index (χ2n) is 6.39. The smallest absolute Gasteiger partial charge is 0.251 e. The molecule has 1 atom stereocenters. The topological polar surface area (TPSA) is 46.9 Å². The summed E-state index contributed by atoms with van der Waals surface area (Å²) in [7, 11) is 0. The fraction of sp³-hybridized carbons (Fsp3) is 0.300. The van der Waals surface area contributed by atoms with Crippen molar-refractivity contribution >= 4 is 16.9 Å². The number of aryl methyl sites for hydroxylation is 2. The maximum absolute atomic E-state index is 12.3. The molecule has 0 fully saturated rings. The fourth-order valence-electron chi connectivity index (χ4n) is 2.83. The Bertz CT molecular complexity index is 895. The predicted molar refractivity (Wildman–Crippen MR) is 97.8 cm³/mol. The van der Waals surface area contributed by atoms with E-state index >= 15 is 0 Å². The number of aromatic nitrogens is 2. The Kier molecular flexibility index (Phi) is 4.38. The van der Waals surface area contributed by atoms with Crippen molar-refractivity contribution in [3.63, 3.8) is 0 Å². The van der Waals surface area contributed by atoms with Crippen molar-refractivity contribution in [3.05, 3.63) is 59.4 Å². The number of nitrogens with zero attached hydrogens (tertiary/aromatic N) is 2. The Morgan fingerprint density at radius 3 is 2.71 bits per heavy atom. The normalized spacial score (nSPS) is 12.3. The lowest BCUT2D eigenvalue weighted by atomic mass is 10.1. The summed E-state index contributed by atoms with van der Waals surface area (Å²) in [5.41, 5.74) is 6.03. The van der Waals surface area contributed by atoms with E-state index in [0.29, 0.717) is 5.56 Å². The molecule has 0 radical (unpaired) electrons. The summed E-state index contributed by atoms with van der Waals surface area (Å²) in [6, 6.07) is 12.2. The van der Waals surface area contributed by atoms with Gasteiger partial charge in [-0.15, -0.1) is 0 Å². The van der Waals surface area contributed by atoms with Crippen molar-refractivity contribution in [1.82, 2.24) is 14.9 Å². The number of nitrogens with one attached hydrogen (secondary N) is 1. The molecule has 0 aliphatic heterocycles. The molecule has 0 spiro atoms. The molecule has 2 aromatic carbocycles. The highest BCUT2D eigenvalue weighted by Gasteiger charge is 2.12. The first-order chi connectivity index (χ1) is 11.5. The van der Waals surface area contributed by atoms with Gasteiger partial charge in [0.25, 0.3) is 5.91 Å². The van der Waals surface area contributed by atoms with Gasteiger partial charge in [0.2, 0.25) is 0 Å². The van der Waals surface area contributed by atoms with E-state index in [1.807, 2.05) is 31.5 Å². The number of amides is 1. The van der Waals surface area contributed by atoms with Gasteiger partial charge in [-0.2, -0.15) is 0 Å². The number of carbonyl (C=O) groups excluding carboxylic acids is 1. The van der Waals surface area contributed by atoms with Gasteiger partial charge in [0.1, 0.15) is 6.33 Å². The largest absolute Gasteiger partial charge is 0.350 e. The molecular weight excluding hydrogens is 298 g/mol. The second-order valence-corrected chi connectivity index (χ2v) is 6.39. The molecule has 0 saturated heterocycles. The number of benzene rings is 2. The van der Waals surface area contributed by atoms with E-state index in [0.717, 1.165) is 23.1 Å². The molecule has 1 aromatic heterocycles. The minimum atomic E-state index is -0.0488. The van der Waals surface area contributed by atoms with E-state index in [9.17, 15) is 4.79 Å². The first kappa shape index (κ1) is 16.2. The molecule has 1 heterocycles. The van der Waals surface area contributed by atoms with Crippen LogP contribution in [0.5, 0.6) is 0 Å². The maximum atomic E-state index is 12.3. The lowest BCUT2D eigenvalue weighted by molar-refractivity contribution is 0.0939. The standard InChI is InChI=1S/C20H23N3O/c1-5-15(4)22-20(24)16-7-9-19-17(11-16)21-12-23(19)18-8-6-13(2)10-14(18)3/h6-12,15H,5H2,1-4H3,(H,22,24). The van der Waals surface area contributed by atoms with Crippen LogP contribution in [0.1, 0.15) is 41.8 Å². The van der Waals surface area contributed by atoms with Crippen LogP contribution in [0.2, 0.25) is 0 Å². The van der Waals surface area contributed by atoms with Gasteiger partial charge in [0, 0.05) is 11.6 Å². The van der Waals surface area contributed by atoms with E-state index in [1.54, 1.807) is 0 Å². The summed E-state index contributed by atoms with van der Waals surface area (Å²) in [5, 5.41) is 2.99. The molecule has 1 unspecified atom stereocenters. The van der Waals surface area contributed by atoms with Gasteiger partial charge in [-0.05, 0) is 57.0 Å². The lowest BCUT2D eigenvalue weighted by Crippen LogP contribution is -2.31. The van der Waals surface area contributed by atoms with Crippen LogP contribution in [0, 0.1) is 13.8 Å². The molecule has 4 nitrogen and oxygen atoms in total. The number of rotatable bonds is 4. The summed E-state index contributed by atoms with van der Waals surface area (Å²) < 4.78 is 2.07. The molecule has 0 aliphatic carbocycles. The zero-order chi connectivity index (χ0) is 17.3. The van der Waals surface area contributed by atoms with Crippen LogP contribution in [-0.4, -0.2) is 21.5 Å². The average molecular weight is 321 g/mol. The van der Waals surface area contributed by atoms with Gasteiger partial charge >= 0.3 is 0 Å². The molecule has 3 rings (SSSR count). The van der Waals surface area contributed by atoms with Gasteiger partial charge in [-0.1, -0.05) is 24.6 Å². The number of hydrogen-bond donors (Lipinski definition) is 1. The van der Waals surface area contributed by atoms with Crippen molar-refractivity contribution in [3.8, 4) is 5.69 Å². The fourth-order valence-corrected chi connectivity index (χ4v) is 2.83. The molecule has 124 valence electrons. The maximum Gasteiger partial charge on any atom is 0.251 e. The molecule has 3 aromatic rings. The molecule has 1 amide bonds. The van der Waals surface area contributed by atoms with Gasteiger partial charge < -0.3 is 5.32 Å². The van der Waals surface area contributed by atoms with Crippen molar-refractivity contribution in [2.45, 2.75) is 40.2 Å². The quantitative estimate of drug-likeness (QED) is 0.784. The Balaban J connectivity index is 1.98. The van der Waals surface area contributed by atoms with Gasteiger partial charge in [-0.3, -0.25) is 9.36 Å². The van der Waals surface area contributed by atoms with Gasteiger partial charge in [-0.25, -0.2) is 4.98 Å². The number of fused-ring (bicyclic) bond motifs is 1. The minimum Gasteiger partial charge on any atom is -0.350 e. The predicted octanol–water partition coefficient (Wildman–Crippen LogP) is 4.17. The Morgan fingerprint density at radius 2 is 2.00 bits per heavy atom. The third-order valence-corrected chi connectivity index (χ3v) is 4.41. The zero-order valence-electron chi connectivity index (χ0n) is 14.6. The lowest BCUT2D eigenvalue weighted by Gasteiger charge is -2.12. The van der Waals surface area contributed by atoms with Crippen molar-refractivity contribution in [2.75, 3.05) is 0 Å². The Morgan fingerprint density at radius 1 is 1.21 bits per heavy atom. The zero-order valence-corrected chi connectivity index (χ0v) is 14.6. The second kappa shape index (κ2) is 6.48. The van der Waals surface area contributed by atoms with Crippen molar-refractivity contribution in [2.24, 2.45) is 0 Å². The summed E-state index contributed by atoms with van der Waals surface area (Å²) in [4.78, 5) is 16.8. The van der Waals surface area contributed by atoms with Crippen molar-refractivity contribution < 1.29 is 4.79 Å². The highest BCUT2D eigenvalue weighted by Crippen LogP contribution is 2.22. The third-order valence-electron chi connectivity index (χ3n) is 4.41. The molecule has 1 N–H and O–H groups in total. The summed E-state index contributed by atoms with van der Waals surface area (Å²) >= 11 is 0.